The van der Waals surface area contributed by atoms with Crippen molar-refractivity contribution in [2.75, 3.05) is 0 Å². The lowest BCUT2D eigenvalue weighted by atomic mass is 10.1. The number of carbonyl (C=O) groups is 1. The quantitative estimate of drug-likeness (QED) is 0.419. The van der Waals surface area contributed by atoms with Crippen molar-refractivity contribution in [3.8, 4) is 22.6 Å². The Balaban J connectivity index is 1.96. The van der Waals surface area contributed by atoms with Gasteiger partial charge in [-0.25, -0.2) is 9.36 Å². The van der Waals surface area contributed by atoms with Gasteiger partial charge < -0.3 is 0 Å². The number of carbonyl (C=O) groups excluding carboxylic acids is 1. The summed E-state index contributed by atoms with van der Waals surface area (Å²) in [5.74, 6) is -0.201. The van der Waals surface area contributed by atoms with Crippen LogP contribution in [-0.4, -0.2) is 15.1 Å². The van der Waals surface area contributed by atoms with Crippen LogP contribution in [0.1, 0.15) is 38.2 Å². The van der Waals surface area contributed by atoms with Gasteiger partial charge in [0.1, 0.15) is 5.56 Å². The molecule has 0 N–H and O–H groups in total. The molecule has 148 valence electrons. The molecule has 0 spiro atoms. The minimum absolute atomic E-state index is 0.201. The van der Waals surface area contributed by atoms with Gasteiger partial charge in [0.05, 0.1) is 17.1 Å². The van der Waals surface area contributed by atoms with Crippen LogP contribution in [-0.2, 0) is 0 Å². The van der Waals surface area contributed by atoms with E-state index in [1.54, 1.807) is 10.7 Å². The van der Waals surface area contributed by atoms with Crippen LogP contribution in [0.4, 0.5) is 0 Å². The van der Waals surface area contributed by atoms with Gasteiger partial charge in [-0.05, 0) is 51.0 Å². The van der Waals surface area contributed by atoms with Gasteiger partial charge in [-0.1, -0.05) is 59.7 Å². The minimum atomic E-state index is -0.276. The van der Waals surface area contributed by atoms with E-state index in [-0.39, 0.29) is 16.9 Å². The first-order valence-corrected chi connectivity index (χ1v) is 10.1. The molecule has 0 saturated heterocycles. The van der Waals surface area contributed by atoms with Gasteiger partial charge in [-0.2, -0.15) is 0 Å². The van der Waals surface area contributed by atoms with Gasteiger partial charge in [0.2, 0.25) is 5.78 Å². The Hall–Kier alpha value is -3.66. The molecular weight excluding hydrogens is 372 g/mol. The third kappa shape index (κ3) is 2.47. The summed E-state index contributed by atoms with van der Waals surface area (Å²) in [5, 5.41) is 0. The summed E-state index contributed by atoms with van der Waals surface area (Å²) in [6.07, 6.45) is 0. The van der Waals surface area contributed by atoms with E-state index in [0.29, 0.717) is 11.3 Å². The second-order valence-corrected chi connectivity index (χ2v) is 8.11. The van der Waals surface area contributed by atoms with E-state index in [2.05, 4.69) is 12.1 Å². The standard InChI is InChI=1S/C26H22N2O2/c1-15-9-11-19(12-10-15)27-24-20-7-5-6-8-21(20)25(29)22(24)26(30)28(27)23-17(3)13-16(2)14-18(23)4/h5-14H,1-4H3. The number of benzene rings is 3. The second kappa shape index (κ2) is 6.42. The molecule has 4 heteroatoms. The van der Waals surface area contributed by atoms with Crippen LogP contribution < -0.4 is 5.56 Å². The molecule has 4 aromatic rings. The first-order chi connectivity index (χ1) is 14.4. The Morgan fingerprint density at radius 1 is 0.667 bits per heavy atom. The molecule has 1 aliphatic carbocycles. The van der Waals surface area contributed by atoms with Crippen LogP contribution >= 0.6 is 0 Å². The predicted octanol–water partition coefficient (Wildman–Crippen LogP) is 5.07. The van der Waals surface area contributed by atoms with Gasteiger partial charge in [-0.15, -0.1) is 0 Å². The molecular formula is C26H22N2O2. The van der Waals surface area contributed by atoms with E-state index < -0.39 is 0 Å². The summed E-state index contributed by atoms with van der Waals surface area (Å²) in [7, 11) is 0. The van der Waals surface area contributed by atoms with E-state index in [1.165, 1.54) is 0 Å². The summed E-state index contributed by atoms with van der Waals surface area (Å²) in [4.78, 5) is 26.9. The number of rotatable bonds is 2. The van der Waals surface area contributed by atoms with Crippen LogP contribution in [0.3, 0.4) is 0 Å². The van der Waals surface area contributed by atoms with Gasteiger partial charge in [0, 0.05) is 11.1 Å². The van der Waals surface area contributed by atoms with E-state index in [0.717, 1.165) is 39.2 Å². The number of ketones is 1. The number of hydrogen-bond donors (Lipinski definition) is 0. The highest BCUT2D eigenvalue weighted by atomic mass is 16.2. The summed E-state index contributed by atoms with van der Waals surface area (Å²) < 4.78 is 3.58. The zero-order valence-electron chi connectivity index (χ0n) is 17.5. The molecule has 1 aliphatic rings. The monoisotopic (exact) mass is 394 g/mol. The van der Waals surface area contributed by atoms with Crippen molar-refractivity contribution in [3.05, 3.63) is 104 Å². The predicted molar refractivity (Wildman–Crippen MR) is 119 cm³/mol. The minimum Gasteiger partial charge on any atom is -0.288 e. The Morgan fingerprint density at radius 3 is 1.90 bits per heavy atom. The topological polar surface area (TPSA) is 44.0 Å². The maximum atomic E-state index is 13.7. The molecule has 30 heavy (non-hydrogen) atoms. The molecule has 3 aromatic carbocycles. The highest BCUT2D eigenvalue weighted by Crippen LogP contribution is 2.38. The molecule has 1 heterocycles. The normalized spacial score (nSPS) is 12.2. The van der Waals surface area contributed by atoms with E-state index in [9.17, 15) is 9.59 Å². The number of hydrogen-bond acceptors (Lipinski definition) is 2. The van der Waals surface area contributed by atoms with Gasteiger partial charge in [0.15, 0.2) is 0 Å². The van der Waals surface area contributed by atoms with Crippen LogP contribution in [0, 0.1) is 27.7 Å². The van der Waals surface area contributed by atoms with Crippen molar-refractivity contribution in [3.63, 3.8) is 0 Å². The molecule has 0 amide bonds. The molecule has 0 aliphatic heterocycles. The molecule has 0 unspecified atom stereocenters. The van der Waals surface area contributed by atoms with Crippen molar-refractivity contribution in [2.45, 2.75) is 27.7 Å². The lowest BCUT2D eigenvalue weighted by Crippen LogP contribution is -2.25. The van der Waals surface area contributed by atoms with Crippen molar-refractivity contribution >= 4 is 5.78 Å². The highest BCUT2D eigenvalue weighted by Gasteiger charge is 2.36. The van der Waals surface area contributed by atoms with Crippen molar-refractivity contribution < 1.29 is 4.79 Å². The Labute approximate surface area is 175 Å². The highest BCUT2D eigenvalue weighted by molar-refractivity contribution is 6.21. The van der Waals surface area contributed by atoms with Crippen molar-refractivity contribution in [1.29, 1.82) is 0 Å². The Morgan fingerprint density at radius 2 is 1.27 bits per heavy atom. The van der Waals surface area contributed by atoms with Crippen LogP contribution in [0.25, 0.3) is 22.6 Å². The number of fused-ring (bicyclic) bond motifs is 3. The fraction of sp³-hybridized carbons (Fsp3) is 0.154. The van der Waals surface area contributed by atoms with Gasteiger partial charge >= 0.3 is 0 Å². The first kappa shape index (κ1) is 18.4. The average molecular weight is 394 g/mol. The van der Waals surface area contributed by atoms with E-state index in [1.807, 2.05) is 74.8 Å². The second-order valence-electron chi connectivity index (χ2n) is 8.11. The first-order valence-electron chi connectivity index (χ1n) is 10.1. The van der Waals surface area contributed by atoms with E-state index >= 15 is 0 Å². The zero-order chi connectivity index (χ0) is 21.2. The SMILES string of the molecule is Cc1ccc(-n2c3c(c(=O)n2-c2c(C)cc(C)cc2C)C(=O)c2ccccc2-3)cc1. The fourth-order valence-corrected chi connectivity index (χ4v) is 4.62. The molecule has 4 nitrogen and oxygen atoms in total. The Bertz CT molecular complexity index is 1380. The maximum absolute atomic E-state index is 13.7. The average Bonchev–Trinajstić information content (AvgIpc) is 3.16. The van der Waals surface area contributed by atoms with Crippen molar-refractivity contribution in [1.82, 2.24) is 9.36 Å². The van der Waals surface area contributed by atoms with E-state index in [4.69, 9.17) is 0 Å². The summed E-state index contributed by atoms with van der Waals surface area (Å²) >= 11 is 0. The fourth-order valence-electron chi connectivity index (χ4n) is 4.62. The van der Waals surface area contributed by atoms with Crippen LogP contribution in [0.15, 0.2) is 65.5 Å². The van der Waals surface area contributed by atoms with Crippen LogP contribution in [0.2, 0.25) is 0 Å². The molecule has 0 radical (unpaired) electrons. The summed E-state index contributed by atoms with van der Waals surface area (Å²) in [6.45, 7) is 8.10. The summed E-state index contributed by atoms with van der Waals surface area (Å²) in [6, 6.07) is 19.6. The smallest absolute Gasteiger partial charge is 0.283 e. The summed E-state index contributed by atoms with van der Waals surface area (Å²) in [5.41, 5.74) is 7.98. The molecule has 5 rings (SSSR count). The van der Waals surface area contributed by atoms with Gasteiger partial charge in [0.25, 0.3) is 5.56 Å². The zero-order valence-corrected chi connectivity index (χ0v) is 17.5. The molecule has 1 aromatic heterocycles. The Kier molecular flexibility index (Phi) is 3.93. The third-order valence-electron chi connectivity index (χ3n) is 5.83. The third-order valence-corrected chi connectivity index (χ3v) is 5.83. The number of aromatic nitrogens is 2. The van der Waals surface area contributed by atoms with Crippen LogP contribution in [0.5, 0.6) is 0 Å². The number of aryl methyl sites for hydroxylation is 4. The van der Waals surface area contributed by atoms with Crippen molar-refractivity contribution in [2.24, 2.45) is 0 Å². The lowest BCUT2D eigenvalue weighted by molar-refractivity contribution is 0.104. The lowest BCUT2D eigenvalue weighted by Gasteiger charge is -2.19. The molecule has 0 bridgehead atoms. The maximum Gasteiger partial charge on any atom is 0.283 e. The molecule has 0 fully saturated rings. The molecule has 0 saturated carbocycles. The molecule has 0 atom stereocenters. The largest absolute Gasteiger partial charge is 0.288 e. The number of nitrogens with zero attached hydrogens (tertiary/aromatic N) is 2. The van der Waals surface area contributed by atoms with Gasteiger partial charge in [-0.3, -0.25) is 9.59 Å².